The number of ketones is 1. The fraction of sp³-hybridized carbons (Fsp3) is 0.375. The zero-order valence-electron chi connectivity index (χ0n) is 22.8. The summed E-state index contributed by atoms with van der Waals surface area (Å²) in [5.41, 5.74) is 3.19. The monoisotopic (exact) mass is 551 g/mol. The second-order valence-electron chi connectivity index (χ2n) is 10.0. The smallest absolute Gasteiger partial charge is 0.230 e. The first-order valence-electron chi connectivity index (χ1n) is 13.6. The van der Waals surface area contributed by atoms with Gasteiger partial charge in [0, 0.05) is 24.3 Å². The van der Waals surface area contributed by atoms with E-state index in [9.17, 15) is 29.3 Å². The van der Waals surface area contributed by atoms with Crippen LogP contribution in [-0.4, -0.2) is 57.5 Å². The largest absolute Gasteiger partial charge is 0.396 e. The molecule has 0 radical (unpaired) electrons. The van der Waals surface area contributed by atoms with Gasteiger partial charge in [0.05, 0.1) is 25.7 Å². The van der Waals surface area contributed by atoms with Gasteiger partial charge >= 0.3 is 0 Å². The number of nitrogens with zero attached hydrogens (tertiary/aromatic N) is 1. The Morgan fingerprint density at radius 3 is 2.00 bits per heavy atom. The highest BCUT2D eigenvalue weighted by Gasteiger charge is 2.38. The molecular formula is C32H38FNO6. The number of carbonyl (C=O) groups is 2. The maximum Gasteiger partial charge on any atom is 0.230 e. The van der Waals surface area contributed by atoms with Crippen molar-refractivity contribution >= 4 is 17.4 Å². The number of rotatable bonds is 12. The molecule has 3 aromatic rings. The van der Waals surface area contributed by atoms with E-state index in [1.54, 1.807) is 11.8 Å². The molecule has 0 saturated carbocycles. The van der Waals surface area contributed by atoms with Crippen LogP contribution in [0.15, 0.2) is 72.8 Å². The van der Waals surface area contributed by atoms with Crippen molar-refractivity contribution < 1.29 is 34.4 Å². The van der Waals surface area contributed by atoms with Gasteiger partial charge in [0.2, 0.25) is 5.91 Å². The molecule has 40 heavy (non-hydrogen) atoms. The lowest BCUT2D eigenvalue weighted by atomic mass is 9.91. The molecular weight excluding hydrogens is 513 g/mol. The molecule has 0 aliphatic carbocycles. The van der Waals surface area contributed by atoms with Gasteiger partial charge in [-0.1, -0.05) is 43.3 Å². The first kappa shape index (κ1) is 31.1. The number of benzene rings is 3. The van der Waals surface area contributed by atoms with E-state index in [-0.39, 0.29) is 36.6 Å². The molecule has 4 rings (SSSR count). The zero-order chi connectivity index (χ0) is 29.1. The Hall–Kier alpha value is -3.43. The molecule has 1 amide bonds. The van der Waals surface area contributed by atoms with Crippen molar-refractivity contribution in [3.8, 4) is 0 Å². The van der Waals surface area contributed by atoms with Gasteiger partial charge in [-0.3, -0.25) is 9.59 Å². The number of hydrogen-bond donors (Lipinski definition) is 4. The second kappa shape index (κ2) is 14.8. The summed E-state index contributed by atoms with van der Waals surface area (Å²) in [6, 6.07) is 21.4. The Kier molecular flexibility index (Phi) is 11.5. The van der Waals surface area contributed by atoms with Crippen molar-refractivity contribution in [2.45, 2.75) is 57.1 Å². The van der Waals surface area contributed by atoms with Crippen LogP contribution in [0.1, 0.15) is 65.7 Å². The van der Waals surface area contributed by atoms with E-state index in [2.05, 4.69) is 0 Å². The van der Waals surface area contributed by atoms with Gasteiger partial charge in [-0.15, -0.1) is 0 Å². The van der Waals surface area contributed by atoms with E-state index in [0.717, 1.165) is 35.2 Å². The van der Waals surface area contributed by atoms with Crippen molar-refractivity contribution in [1.29, 1.82) is 0 Å². The number of carbonyl (C=O) groups excluding carboxylic acids is 2. The number of Topliss-reactive ketones (excluding diaryl/α,β-unsaturated/α-hetero) is 1. The third-order valence-electron chi connectivity index (χ3n) is 7.11. The number of anilines is 1. The highest BCUT2D eigenvalue weighted by atomic mass is 19.1. The number of aliphatic hydroxyl groups is 4. The van der Waals surface area contributed by atoms with E-state index in [4.69, 9.17) is 5.11 Å². The Morgan fingerprint density at radius 1 is 0.900 bits per heavy atom. The van der Waals surface area contributed by atoms with Crippen LogP contribution in [0.5, 0.6) is 0 Å². The molecule has 8 heteroatoms. The lowest BCUT2D eigenvalue weighted by Crippen LogP contribution is -2.46. The summed E-state index contributed by atoms with van der Waals surface area (Å²) in [6.45, 7) is 1.01. The molecule has 1 saturated heterocycles. The van der Waals surface area contributed by atoms with Crippen LogP contribution >= 0.6 is 0 Å². The Morgan fingerprint density at radius 2 is 1.48 bits per heavy atom. The molecule has 1 aliphatic heterocycles. The number of halogens is 1. The number of β-lactam (4-membered cyclic amide) rings is 1. The van der Waals surface area contributed by atoms with Gasteiger partial charge in [0.15, 0.2) is 5.78 Å². The quantitative estimate of drug-likeness (QED) is 0.198. The second-order valence-corrected chi connectivity index (χ2v) is 10.0. The lowest BCUT2D eigenvalue weighted by molar-refractivity contribution is -0.124. The average molecular weight is 552 g/mol. The number of aryl methyl sites for hydroxylation is 2. The van der Waals surface area contributed by atoms with Crippen LogP contribution < -0.4 is 4.90 Å². The van der Waals surface area contributed by atoms with Gasteiger partial charge in [0.25, 0.3) is 0 Å². The van der Waals surface area contributed by atoms with E-state index in [1.807, 2.05) is 48.5 Å². The van der Waals surface area contributed by atoms with Crippen LogP contribution in [0.3, 0.4) is 0 Å². The van der Waals surface area contributed by atoms with Crippen LogP contribution in [0.25, 0.3) is 0 Å². The first-order valence-corrected chi connectivity index (χ1v) is 13.6. The molecule has 1 unspecified atom stereocenters. The van der Waals surface area contributed by atoms with Crippen LogP contribution in [0.4, 0.5) is 10.1 Å². The number of aliphatic hydroxyl groups excluding tert-OH is 3. The summed E-state index contributed by atoms with van der Waals surface area (Å²) in [6.07, 6.45) is 3.30. The standard InChI is InChI=1S/C23H29NO5.C9H9FO/c25-13-1-2-17-5-9-20(10-6-17)24-21(14-22(24)28)19-7-3-18(4-8-19)11-12-23(29,15-26)16-27;1-2-9(11)7-3-5-8(10)6-4-7/h3-10,21,25-27,29H,1-2,11-16H2;3-6H,2H2,1H3. The molecule has 1 heterocycles. The van der Waals surface area contributed by atoms with Crippen LogP contribution in [-0.2, 0) is 17.6 Å². The summed E-state index contributed by atoms with van der Waals surface area (Å²) in [5, 5.41) is 37.3. The summed E-state index contributed by atoms with van der Waals surface area (Å²) >= 11 is 0. The Balaban J connectivity index is 0.000000336. The Labute approximate surface area is 234 Å². The van der Waals surface area contributed by atoms with Crippen molar-refractivity contribution in [3.63, 3.8) is 0 Å². The van der Waals surface area contributed by atoms with Crippen molar-refractivity contribution in [2.24, 2.45) is 0 Å². The fourth-order valence-corrected chi connectivity index (χ4v) is 4.45. The maximum absolute atomic E-state index is 12.3. The molecule has 7 nitrogen and oxygen atoms in total. The fourth-order valence-electron chi connectivity index (χ4n) is 4.45. The normalized spacial score (nSPS) is 14.8. The SMILES string of the molecule is CCC(=O)c1ccc(F)cc1.O=C1CC(c2ccc(CCC(O)(CO)CO)cc2)N1c1ccc(CCCO)cc1. The predicted molar refractivity (Wildman–Crippen MR) is 152 cm³/mol. The molecule has 0 aromatic heterocycles. The maximum atomic E-state index is 12.3. The van der Waals surface area contributed by atoms with Gasteiger partial charge < -0.3 is 25.3 Å². The van der Waals surface area contributed by atoms with Gasteiger partial charge in [-0.25, -0.2) is 4.39 Å². The van der Waals surface area contributed by atoms with Gasteiger partial charge in [0.1, 0.15) is 11.4 Å². The van der Waals surface area contributed by atoms with Gasteiger partial charge in [-0.05, 0) is 78.8 Å². The molecule has 1 aliphatic rings. The number of amides is 1. The lowest BCUT2D eigenvalue weighted by Gasteiger charge is -2.41. The van der Waals surface area contributed by atoms with E-state index in [1.165, 1.54) is 24.3 Å². The topological polar surface area (TPSA) is 118 Å². The van der Waals surface area contributed by atoms with E-state index in [0.29, 0.717) is 24.8 Å². The molecule has 4 N–H and O–H groups in total. The molecule has 1 fully saturated rings. The summed E-state index contributed by atoms with van der Waals surface area (Å²) in [5.74, 6) is -0.166. The summed E-state index contributed by atoms with van der Waals surface area (Å²) in [4.78, 5) is 25.0. The molecule has 214 valence electrons. The third-order valence-corrected chi connectivity index (χ3v) is 7.11. The highest BCUT2D eigenvalue weighted by Crippen LogP contribution is 2.39. The minimum atomic E-state index is -1.46. The molecule has 3 aromatic carbocycles. The third kappa shape index (κ3) is 8.29. The number of hydrogen-bond acceptors (Lipinski definition) is 6. The van der Waals surface area contributed by atoms with E-state index < -0.39 is 18.8 Å². The molecule has 0 bridgehead atoms. The minimum Gasteiger partial charge on any atom is -0.396 e. The Bertz CT molecular complexity index is 1220. The van der Waals surface area contributed by atoms with E-state index >= 15 is 0 Å². The van der Waals surface area contributed by atoms with Crippen LogP contribution in [0.2, 0.25) is 0 Å². The van der Waals surface area contributed by atoms with Gasteiger partial charge in [-0.2, -0.15) is 0 Å². The van der Waals surface area contributed by atoms with Crippen molar-refractivity contribution in [3.05, 3.63) is 101 Å². The predicted octanol–water partition coefficient (Wildman–Crippen LogP) is 4.16. The zero-order valence-corrected chi connectivity index (χ0v) is 22.8. The van der Waals surface area contributed by atoms with Crippen LogP contribution in [0, 0.1) is 5.82 Å². The highest BCUT2D eigenvalue weighted by molar-refractivity contribution is 6.01. The minimum absolute atomic E-state index is 0.00616. The average Bonchev–Trinajstić information content (AvgIpc) is 2.99. The first-order chi connectivity index (χ1) is 19.2. The molecule has 0 spiro atoms. The summed E-state index contributed by atoms with van der Waals surface area (Å²) in [7, 11) is 0. The summed E-state index contributed by atoms with van der Waals surface area (Å²) < 4.78 is 12.3. The van der Waals surface area contributed by atoms with Crippen molar-refractivity contribution in [1.82, 2.24) is 0 Å². The van der Waals surface area contributed by atoms with Crippen molar-refractivity contribution in [2.75, 3.05) is 24.7 Å². The molecule has 1 atom stereocenters.